The van der Waals surface area contributed by atoms with E-state index >= 15 is 0 Å². The summed E-state index contributed by atoms with van der Waals surface area (Å²) in [7, 11) is 0. The van der Waals surface area contributed by atoms with Crippen LogP contribution in [0.5, 0.6) is 0 Å². The van der Waals surface area contributed by atoms with Crippen LogP contribution in [0.1, 0.15) is 17.3 Å². The molecule has 2 aromatic carbocycles. The average Bonchev–Trinajstić information content (AvgIpc) is 2.88. The molecule has 2 N–H and O–H groups in total. The standard InChI is InChI=1S/C18H19NO2/c1-18(12-21-11-16(18)19)17(20)15-9-7-14(8-10-15)13-5-3-2-4-6-13/h2-10,16H,11-12,19H2,1H3. The van der Waals surface area contributed by atoms with E-state index in [2.05, 4.69) is 12.1 Å². The number of rotatable bonds is 3. The first-order chi connectivity index (χ1) is 10.1. The number of ketones is 1. The molecule has 0 radical (unpaired) electrons. The highest BCUT2D eigenvalue weighted by Crippen LogP contribution is 2.31. The fourth-order valence-corrected chi connectivity index (χ4v) is 2.70. The molecule has 2 aromatic rings. The smallest absolute Gasteiger partial charge is 0.172 e. The molecule has 0 aliphatic carbocycles. The largest absolute Gasteiger partial charge is 0.379 e. The first kappa shape index (κ1) is 14.0. The molecule has 3 rings (SSSR count). The van der Waals surface area contributed by atoms with Gasteiger partial charge < -0.3 is 10.5 Å². The number of carbonyl (C=O) groups is 1. The maximum Gasteiger partial charge on any atom is 0.172 e. The van der Waals surface area contributed by atoms with Crippen LogP contribution in [-0.2, 0) is 4.74 Å². The summed E-state index contributed by atoms with van der Waals surface area (Å²) in [6, 6.07) is 17.6. The van der Waals surface area contributed by atoms with E-state index in [0.717, 1.165) is 11.1 Å². The zero-order chi connectivity index (χ0) is 14.9. The van der Waals surface area contributed by atoms with Crippen molar-refractivity contribution in [2.45, 2.75) is 13.0 Å². The van der Waals surface area contributed by atoms with Gasteiger partial charge in [-0.2, -0.15) is 0 Å². The summed E-state index contributed by atoms with van der Waals surface area (Å²) in [6.45, 7) is 2.73. The highest BCUT2D eigenvalue weighted by Gasteiger charge is 2.44. The summed E-state index contributed by atoms with van der Waals surface area (Å²) in [4.78, 5) is 12.7. The maximum atomic E-state index is 12.7. The molecule has 0 spiro atoms. The zero-order valence-corrected chi connectivity index (χ0v) is 12.1. The zero-order valence-electron chi connectivity index (χ0n) is 12.1. The number of benzene rings is 2. The van der Waals surface area contributed by atoms with Crippen molar-refractivity contribution in [2.75, 3.05) is 13.2 Å². The molecular formula is C18H19NO2. The molecule has 1 saturated heterocycles. The third-order valence-corrected chi connectivity index (χ3v) is 4.29. The normalized spacial score (nSPS) is 25.0. The van der Waals surface area contributed by atoms with E-state index in [1.807, 2.05) is 49.4 Å². The van der Waals surface area contributed by atoms with Crippen LogP contribution in [0.2, 0.25) is 0 Å². The molecule has 2 atom stereocenters. The van der Waals surface area contributed by atoms with Crippen molar-refractivity contribution in [3.05, 3.63) is 60.2 Å². The van der Waals surface area contributed by atoms with Crippen molar-refractivity contribution in [1.29, 1.82) is 0 Å². The van der Waals surface area contributed by atoms with Gasteiger partial charge in [0.15, 0.2) is 5.78 Å². The molecule has 3 nitrogen and oxygen atoms in total. The molecule has 108 valence electrons. The van der Waals surface area contributed by atoms with Gasteiger partial charge in [-0.3, -0.25) is 4.79 Å². The van der Waals surface area contributed by atoms with Crippen LogP contribution in [0.15, 0.2) is 54.6 Å². The Labute approximate surface area is 124 Å². The Morgan fingerprint density at radius 2 is 1.71 bits per heavy atom. The van der Waals surface area contributed by atoms with E-state index in [1.165, 1.54) is 0 Å². The lowest BCUT2D eigenvalue weighted by molar-refractivity contribution is 0.0768. The highest BCUT2D eigenvalue weighted by atomic mass is 16.5. The first-order valence-corrected chi connectivity index (χ1v) is 7.15. The van der Waals surface area contributed by atoms with Gasteiger partial charge in [0.2, 0.25) is 0 Å². The summed E-state index contributed by atoms with van der Waals surface area (Å²) in [5, 5.41) is 0. The molecule has 3 heteroatoms. The van der Waals surface area contributed by atoms with Gasteiger partial charge in [-0.05, 0) is 18.1 Å². The molecule has 1 aliphatic rings. The van der Waals surface area contributed by atoms with Crippen LogP contribution >= 0.6 is 0 Å². The van der Waals surface area contributed by atoms with Crippen LogP contribution in [0, 0.1) is 5.41 Å². The van der Waals surface area contributed by atoms with E-state index < -0.39 is 5.41 Å². The number of hydrogen-bond acceptors (Lipinski definition) is 3. The number of Topliss-reactive ketones (excluding diaryl/α,β-unsaturated/α-hetero) is 1. The van der Waals surface area contributed by atoms with E-state index in [0.29, 0.717) is 18.8 Å². The minimum atomic E-state index is -0.617. The Kier molecular flexibility index (Phi) is 3.62. The van der Waals surface area contributed by atoms with Gasteiger partial charge in [0.05, 0.1) is 18.6 Å². The number of nitrogens with two attached hydrogens (primary N) is 1. The second-order valence-electron chi connectivity index (χ2n) is 5.81. The predicted octanol–water partition coefficient (Wildman–Crippen LogP) is 2.90. The summed E-state index contributed by atoms with van der Waals surface area (Å²) in [5.74, 6) is 0.0621. The average molecular weight is 281 g/mol. The fourth-order valence-electron chi connectivity index (χ4n) is 2.70. The molecule has 1 fully saturated rings. The summed E-state index contributed by atoms with van der Waals surface area (Å²) in [5.41, 5.74) is 8.35. The number of hydrogen-bond donors (Lipinski definition) is 1. The lowest BCUT2D eigenvalue weighted by Crippen LogP contribution is -2.44. The molecule has 1 aliphatic heterocycles. The molecular weight excluding hydrogens is 262 g/mol. The Balaban J connectivity index is 1.86. The second-order valence-corrected chi connectivity index (χ2v) is 5.81. The molecule has 0 bridgehead atoms. The molecule has 1 heterocycles. The van der Waals surface area contributed by atoms with Gasteiger partial charge in [-0.1, -0.05) is 54.6 Å². The Morgan fingerprint density at radius 3 is 2.29 bits per heavy atom. The second kappa shape index (κ2) is 5.43. The quantitative estimate of drug-likeness (QED) is 0.880. The van der Waals surface area contributed by atoms with Crippen LogP contribution < -0.4 is 5.73 Å². The topological polar surface area (TPSA) is 52.3 Å². The lowest BCUT2D eigenvalue weighted by Gasteiger charge is -2.25. The van der Waals surface area contributed by atoms with E-state index in [4.69, 9.17) is 10.5 Å². The van der Waals surface area contributed by atoms with E-state index in [-0.39, 0.29) is 11.8 Å². The summed E-state index contributed by atoms with van der Waals surface area (Å²) < 4.78 is 5.36. The van der Waals surface area contributed by atoms with Crippen LogP contribution in [0.4, 0.5) is 0 Å². The monoisotopic (exact) mass is 281 g/mol. The molecule has 0 amide bonds. The summed E-state index contributed by atoms with van der Waals surface area (Å²) in [6.07, 6.45) is 0. The SMILES string of the molecule is CC1(C(=O)c2ccc(-c3ccccc3)cc2)COCC1N. The Morgan fingerprint density at radius 1 is 1.10 bits per heavy atom. The van der Waals surface area contributed by atoms with Gasteiger partial charge in [-0.15, -0.1) is 0 Å². The van der Waals surface area contributed by atoms with Crippen molar-refractivity contribution >= 4 is 5.78 Å². The molecule has 0 saturated carbocycles. The minimum Gasteiger partial charge on any atom is -0.379 e. The highest BCUT2D eigenvalue weighted by molar-refractivity contribution is 6.01. The Bertz CT molecular complexity index is 636. The van der Waals surface area contributed by atoms with Crippen LogP contribution in [0.25, 0.3) is 11.1 Å². The van der Waals surface area contributed by atoms with E-state index in [1.54, 1.807) is 0 Å². The van der Waals surface area contributed by atoms with Crippen LogP contribution in [-0.4, -0.2) is 25.0 Å². The van der Waals surface area contributed by atoms with Crippen LogP contribution in [0.3, 0.4) is 0 Å². The summed E-state index contributed by atoms with van der Waals surface area (Å²) >= 11 is 0. The fraction of sp³-hybridized carbons (Fsp3) is 0.278. The van der Waals surface area contributed by atoms with Crippen molar-refractivity contribution in [1.82, 2.24) is 0 Å². The van der Waals surface area contributed by atoms with E-state index in [9.17, 15) is 4.79 Å². The van der Waals surface area contributed by atoms with Crippen molar-refractivity contribution in [3.8, 4) is 11.1 Å². The molecule has 2 unspecified atom stereocenters. The molecule has 21 heavy (non-hydrogen) atoms. The van der Waals surface area contributed by atoms with Gasteiger partial charge in [0, 0.05) is 11.6 Å². The third-order valence-electron chi connectivity index (χ3n) is 4.29. The predicted molar refractivity (Wildman–Crippen MR) is 83.1 cm³/mol. The van der Waals surface area contributed by atoms with Crippen molar-refractivity contribution in [2.24, 2.45) is 11.1 Å². The van der Waals surface area contributed by atoms with Crippen molar-refractivity contribution in [3.63, 3.8) is 0 Å². The third kappa shape index (κ3) is 2.50. The first-order valence-electron chi connectivity index (χ1n) is 7.15. The minimum absolute atomic E-state index is 0.0621. The van der Waals surface area contributed by atoms with Crippen molar-refractivity contribution < 1.29 is 9.53 Å². The maximum absolute atomic E-state index is 12.7. The molecule has 0 aromatic heterocycles. The Hall–Kier alpha value is -1.97. The van der Waals surface area contributed by atoms with Gasteiger partial charge in [0.25, 0.3) is 0 Å². The van der Waals surface area contributed by atoms with Gasteiger partial charge >= 0.3 is 0 Å². The van der Waals surface area contributed by atoms with Gasteiger partial charge in [-0.25, -0.2) is 0 Å². The number of carbonyl (C=O) groups excluding carboxylic acids is 1. The van der Waals surface area contributed by atoms with Gasteiger partial charge in [0.1, 0.15) is 0 Å². The number of ether oxygens (including phenoxy) is 1. The lowest BCUT2D eigenvalue weighted by atomic mass is 9.78.